The summed E-state index contributed by atoms with van der Waals surface area (Å²) < 4.78 is 63.0. The zero-order valence-electron chi connectivity index (χ0n) is 24.9. The molecule has 5 atom stereocenters. The van der Waals surface area contributed by atoms with Gasteiger partial charge in [-0.05, 0) is 41.9 Å². The highest BCUT2D eigenvalue weighted by atomic mass is 32.2. The summed E-state index contributed by atoms with van der Waals surface area (Å²) in [5.74, 6) is -0.311. The first-order chi connectivity index (χ1) is 20.7. The highest BCUT2D eigenvalue weighted by molar-refractivity contribution is 7.89. The van der Waals surface area contributed by atoms with Crippen LogP contribution in [0.5, 0.6) is 0 Å². The van der Waals surface area contributed by atoms with Crippen LogP contribution in [0.1, 0.15) is 25.8 Å². The van der Waals surface area contributed by atoms with E-state index >= 15 is 0 Å². The molecule has 1 amide bonds. The Kier molecular flexibility index (Phi) is 11.7. The van der Waals surface area contributed by atoms with Gasteiger partial charge in [0.1, 0.15) is 12.2 Å². The van der Waals surface area contributed by atoms with Crippen molar-refractivity contribution in [2.24, 2.45) is 11.8 Å². The third-order valence-electron chi connectivity index (χ3n) is 7.52. The van der Waals surface area contributed by atoms with Gasteiger partial charge in [0.15, 0.2) is 6.29 Å². The van der Waals surface area contributed by atoms with Crippen LogP contribution in [0.4, 0.5) is 4.79 Å². The maximum absolute atomic E-state index is 13.9. The topological polar surface area (TPSA) is 181 Å². The largest absolute Gasteiger partial charge is 0.469 e. The van der Waals surface area contributed by atoms with Gasteiger partial charge in [-0.25, -0.2) is 17.8 Å². The molecule has 0 aromatic heterocycles. The van der Waals surface area contributed by atoms with Crippen molar-refractivity contribution in [3.63, 3.8) is 0 Å². The van der Waals surface area contributed by atoms with Crippen molar-refractivity contribution in [2.75, 3.05) is 26.3 Å². The number of alkyl carbamates (subject to hydrolysis) is 1. The van der Waals surface area contributed by atoms with Gasteiger partial charge < -0.3 is 34.3 Å². The molecule has 0 radical (unpaired) electrons. The molecule has 44 heavy (non-hydrogen) atoms. The summed E-state index contributed by atoms with van der Waals surface area (Å²) in [6, 6.07) is 13.5. The zero-order chi connectivity index (χ0) is 32.1. The van der Waals surface area contributed by atoms with E-state index in [2.05, 4.69) is 5.32 Å². The molecular formula is C28H40BN2O11PS. The van der Waals surface area contributed by atoms with Gasteiger partial charge in [-0.1, -0.05) is 63.1 Å². The number of phosphoric ester groups is 1. The summed E-state index contributed by atoms with van der Waals surface area (Å²) in [5, 5.41) is 12.5. The Morgan fingerprint density at radius 3 is 2.41 bits per heavy atom. The van der Waals surface area contributed by atoms with Crippen LogP contribution in [-0.4, -0.2) is 91.4 Å². The molecule has 16 heteroatoms. The number of nitrogens with one attached hydrogen (secondary N) is 1. The molecule has 2 aromatic rings. The molecule has 4 N–H and O–H groups in total. The van der Waals surface area contributed by atoms with E-state index in [0.717, 1.165) is 4.31 Å². The van der Waals surface area contributed by atoms with Gasteiger partial charge in [-0.3, -0.25) is 4.52 Å². The minimum Gasteiger partial charge on any atom is -0.447 e. The first-order valence-electron chi connectivity index (χ1n) is 14.5. The average Bonchev–Trinajstić information content (AvgIpc) is 3.57. The lowest BCUT2D eigenvalue weighted by Crippen LogP contribution is -2.52. The SMILES string of the molecule is CB(O)c1ccc(S(=O)(=O)N(CC(C)C)C[C@@H](OP(=O)(O)O)[C@H](Cc2ccccc2)NC(=O)O[C@H]2CO[C@H]3OCC[C@H]32)cc1. The summed E-state index contributed by atoms with van der Waals surface area (Å²) >= 11 is 0. The molecule has 2 aliphatic rings. The van der Waals surface area contributed by atoms with Gasteiger partial charge in [-0.2, -0.15) is 4.31 Å². The first-order valence-corrected chi connectivity index (χ1v) is 17.5. The van der Waals surface area contributed by atoms with Crippen LogP contribution in [0, 0.1) is 11.8 Å². The summed E-state index contributed by atoms with van der Waals surface area (Å²) in [5.41, 5.74) is 1.23. The van der Waals surface area contributed by atoms with Crippen LogP contribution in [0.15, 0.2) is 59.5 Å². The Hall–Kier alpha value is -2.33. The molecule has 0 aliphatic carbocycles. The number of benzene rings is 2. The quantitative estimate of drug-likeness (QED) is 0.172. The predicted octanol–water partition coefficient (Wildman–Crippen LogP) is 1.73. The van der Waals surface area contributed by atoms with Crippen LogP contribution in [-0.2, 0) is 39.7 Å². The maximum Gasteiger partial charge on any atom is 0.469 e. The van der Waals surface area contributed by atoms with Crippen LogP contribution in [0.25, 0.3) is 0 Å². The summed E-state index contributed by atoms with van der Waals surface area (Å²) in [7, 11) is -9.39. The third kappa shape index (κ3) is 9.35. The van der Waals surface area contributed by atoms with Gasteiger partial charge in [0.25, 0.3) is 0 Å². The third-order valence-corrected chi connectivity index (χ3v) is 9.91. The number of hydrogen-bond donors (Lipinski definition) is 4. The van der Waals surface area contributed by atoms with Crippen molar-refractivity contribution >= 4 is 36.3 Å². The number of carbonyl (C=O) groups excluding carboxylic acids is 1. The second kappa shape index (κ2) is 14.8. The van der Waals surface area contributed by atoms with Crippen LogP contribution >= 0.6 is 7.82 Å². The number of fused-ring (bicyclic) bond motifs is 1. The maximum atomic E-state index is 13.9. The van der Waals surface area contributed by atoms with E-state index < -0.39 is 61.9 Å². The Bertz CT molecular complexity index is 1390. The number of amides is 1. The Morgan fingerprint density at radius 2 is 1.80 bits per heavy atom. The van der Waals surface area contributed by atoms with Gasteiger partial charge in [0, 0.05) is 13.1 Å². The number of rotatable bonds is 14. The second-order valence-corrected chi connectivity index (χ2v) is 14.6. The van der Waals surface area contributed by atoms with Gasteiger partial charge >= 0.3 is 20.8 Å². The van der Waals surface area contributed by atoms with Crippen molar-refractivity contribution < 1.29 is 51.3 Å². The van der Waals surface area contributed by atoms with E-state index in [9.17, 15) is 32.6 Å². The van der Waals surface area contributed by atoms with E-state index in [1.165, 1.54) is 24.3 Å². The molecule has 2 aliphatic heterocycles. The molecule has 0 bridgehead atoms. The average molecular weight is 654 g/mol. The summed E-state index contributed by atoms with van der Waals surface area (Å²) in [6.07, 6.45) is -2.68. The smallest absolute Gasteiger partial charge is 0.447 e. The van der Waals surface area contributed by atoms with Crippen molar-refractivity contribution in [1.82, 2.24) is 9.62 Å². The fourth-order valence-corrected chi connectivity index (χ4v) is 7.55. The predicted molar refractivity (Wildman–Crippen MR) is 162 cm³/mol. The number of nitrogens with zero attached hydrogens (tertiary/aromatic N) is 1. The van der Waals surface area contributed by atoms with E-state index in [4.69, 9.17) is 18.7 Å². The van der Waals surface area contributed by atoms with Crippen LogP contribution < -0.4 is 10.8 Å². The molecule has 2 aromatic carbocycles. The van der Waals surface area contributed by atoms with Crippen LogP contribution in [0.3, 0.4) is 0 Å². The molecule has 0 unspecified atom stereocenters. The molecule has 13 nitrogen and oxygen atoms in total. The first kappa shape index (κ1) is 34.5. The van der Waals surface area contributed by atoms with E-state index in [-0.39, 0.29) is 36.3 Å². The van der Waals surface area contributed by atoms with Gasteiger partial charge in [-0.15, -0.1) is 0 Å². The van der Waals surface area contributed by atoms with E-state index in [1.807, 2.05) is 0 Å². The molecule has 242 valence electrons. The lowest BCUT2D eigenvalue weighted by Gasteiger charge is -2.33. The second-order valence-electron chi connectivity index (χ2n) is 11.5. The molecular weight excluding hydrogens is 614 g/mol. The zero-order valence-corrected chi connectivity index (χ0v) is 26.6. The van der Waals surface area contributed by atoms with Gasteiger partial charge in [0.05, 0.1) is 30.1 Å². The monoisotopic (exact) mass is 654 g/mol. The fraction of sp³-hybridized carbons (Fsp3) is 0.536. The van der Waals surface area contributed by atoms with Crippen molar-refractivity contribution in [3.8, 4) is 0 Å². The molecule has 2 saturated heterocycles. The summed E-state index contributed by atoms with van der Waals surface area (Å²) in [6.45, 7) is 4.49. The minimum atomic E-state index is -5.18. The normalized spacial score (nSPS) is 21.7. The van der Waals surface area contributed by atoms with Crippen LogP contribution in [0.2, 0.25) is 6.82 Å². The molecule has 0 spiro atoms. The number of sulfonamides is 1. The number of hydrogen-bond acceptors (Lipinski definition) is 9. The fourth-order valence-electron chi connectivity index (χ4n) is 5.37. The van der Waals surface area contributed by atoms with E-state index in [1.54, 1.807) is 51.0 Å². The standard InChI is InChI=1S/C28H40BN2O11PS/c1-19(2)16-31(44(37,38)22-11-9-21(10-12-22)29(3)33)17-25(42-43(34,35)36)24(15-20-7-5-4-6-8-20)30-28(32)41-26-18-40-27-23(26)13-14-39-27/h4-12,19,23-27,33H,13-18H2,1-3H3,(H,30,32)(H2,34,35,36)/t23-,24-,25+,26-,27+/m0/s1. The van der Waals surface area contributed by atoms with Crippen molar-refractivity contribution in [1.29, 1.82) is 0 Å². The highest BCUT2D eigenvalue weighted by Gasteiger charge is 2.44. The van der Waals surface area contributed by atoms with E-state index in [0.29, 0.717) is 24.1 Å². The van der Waals surface area contributed by atoms with Crippen molar-refractivity contribution in [2.45, 2.75) is 62.9 Å². The highest BCUT2D eigenvalue weighted by Crippen LogP contribution is 2.39. The molecule has 0 saturated carbocycles. The lowest BCUT2D eigenvalue weighted by atomic mass is 9.64. The minimum absolute atomic E-state index is 0.00745. The summed E-state index contributed by atoms with van der Waals surface area (Å²) in [4.78, 5) is 32.9. The lowest BCUT2D eigenvalue weighted by molar-refractivity contribution is -0.0907. The number of carbonyl (C=O) groups is 1. The van der Waals surface area contributed by atoms with Gasteiger partial charge in [0.2, 0.25) is 10.0 Å². The molecule has 4 rings (SSSR count). The Balaban J connectivity index is 1.64. The molecule has 2 heterocycles. The molecule has 2 fully saturated rings. The number of ether oxygens (including phenoxy) is 3. The Labute approximate surface area is 258 Å². The van der Waals surface area contributed by atoms with Crippen molar-refractivity contribution in [3.05, 3.63) is 60.2 Å². The Morgan fingerprint density at radius 1 is 1.11 bits per heavy atom. The number of phosphoric acid groups is 1.